The van der Waals surface area contributed by atoms with Gasteiger partial charge in [0.1, 0.15) is 0 Å². The van der Waals surface area contributed by atoms with E-state index in [9.17, 15) is 13.2 Å². The lowest BCUT2D eigenvalue weighted by molar-refractivity contribution is -0.146. The van der Waals surface area contributed by atoms with E-state index in [1.54, 1.807) is 15.7 Å². The Morgan fingerprint density at radius 3 is 2.03 bits per heavy atom. The number of rotatable bonds is 6. The van der Waals surface area contributed by atoms with Crippen LogP contribution in [0.5, 0.6) is 0 Å². The zero-order valence-electron chi connectivity index (χ0n) is 20.0. The van der Waals surface area contributed by atoms with Crippen molar-refractivity contribution < 1.29 is 17.9 Å². The third-order valence-corrected chi connectivity index (χ3v) is 9.10. The Balaban J connectivity index is 1.61. The Kier molecular flexibility index (Phi) is 8.40. The van der Waals surface area contributed by atoms with Crippen molar-refractivity contribution >= 4 is 16.1 Å². The first-order chi connectivity index (χ1) is 14.6. The molecule has 2 saturated heterocycles. The minimum Gasteiger partial charge on any atom is -0.373 e. The molecule has 0 aromatic heterocycles. The molecule has 1 amide bonds. The van der Waals surface area contributed by atoms with Crippen LogP contribution in [0.25, 0.3) is 0 Å². The van der Waals surface area contributed by atoms with E-state index >= 15 is 0 Å². The summed E-state index contributed by atoms with van der Waals surface area (Å²) in [6.07, 6.45) is 5.50. The lowest BCUT2D eigenvalue weighted by Gasteiger charge is -2.44. The number of amides is 1. The predicted molar refractivity (Wildman–Crippen MR) is 122 cm³/mol. The Hall–Kier alpha value is -0.740. The van der Waals surface area contributed by atoms with Gasteiger partial charge in [0.15, 0.2) is 0 Å². The SMILES string of the molecule is CC1CN(C(C(=O)N2CCN(S(=O)(=O)N(C)C3CCCCC3)CC2)C(C)C)CC(C)O1. The van der Waals surface area contributed by atoms with Crippen LogP contribution >= 0.6 is 0 Å². The first-order valence-electron chi connectivity index (χ1n) is 12.0. The van der Waals surface area contributed by atoms with E-state index in [1.165, 1.54) is 6.42 Å². The summed E-state index contributed by atoms with van der Waals surface area (Å²) in [6.45, 7) is 11.4. The number of hydrogen-bond donors (Lipinski definition) is 0. The van der Waals surface area contributed by atoms with Gasteiger partial charge in [0.05, 0.1) is 18.2 Å². The molecule has 2 heterocycles. The molecule has 8 nitrogen and oxygen atoms in total. The van der Waals surface area contributed by atoms with Crippen LogP contribution in [-0.2, 0) is 19.7 Å². The highest BCUT2D eigenvalue weighted by Crippen LogP contribution is 2.26. The molecule has 3 rings (SSSR count). The van der Waals surface area contributed by atoms with Crippen molar-refractivity contribution in [1.29, 1.82) is 0 Å². The largest absolute Gasteiger partial charge is 0.373 e. The normalized spacial score (nSPS) is 28.9. The van der Waals surface area contributed by atoms with Gasteiger partial charge in [0, 0.05) is 52.4 Å². The molecule has 1 saturated carbocycles. The number of carbonyl (C=O) groups is 1. The topological polar surface area (TPSA) is 73.4 Å². The minimum atomic E-state index is -3.48. The van der Waals surface area contributed by atoms with E-state index in [0.717, 1.165) is 38.8 Å². The maximum atomic E-state index is 13.5. The van der Waals surface area contributed by atoms with E-state index < -0.39 is 10.2 Å². The number of nitrogens with zero attached hydrogens (tertiary/aromatic N) is 4. The average molecular weight is 459 g/mol. The third kappa shape index (κ3) is 5.79. The summed E-state index contributed by atoms with van der Waals surface area (Å²) in [5, 5.41) is 0. The molecule has 0 N–H and O–H groups in total. The molecule has 3 unspecified atom stereocenters. The highest BCUT2D eigenvalue weighted by atomic mass is 32.2. The quantitative estimate of drug-likeness (QED) is 0.607. The van der Waals surface area contributed by atoms with Crippen molar-refractivity contribution in [2.45, 2.75) is 84.1 Å². The highest BCUT2D eigenvalue weighted by molar-refractivity contribution is 7.86. The fraction of sp³-hybridized carbons (Fsp3) is 0.955. The number of carbonyl (C=O) groups excluding carboxylic acids is 1. The fourth-order valence-corrected chi connectivity index (χ4v) is 7.03. The Bertz CT molecular complexity index is 692. The van der Waals surface area contributed by atoms with Gasteiger partial charge >= 0.3 is 0 Å². The molecule has 0 bridgehead atoms. The summed E-state index contributed by atoms with van der Waals surface area (Å²) in [5.74, 6) is 0.304. The average Bonchev–Trinajstić information content (AvgIpc) is 2.73. The van der Waals surface area contributed by atoms with Crippen LogP contribution in [0.1, 0.15) is 59.8 Å². The van der Waals surface area contributed by atoms with Crippen molar-refractivity contribution in [3.63, 3.8) is 0 Å². The van der Waals surface area contributed by atoms with E-state index in [4.69, 9.17) is 4.74 Å². The highest BCUT2D eigenvalue weighted by Gasteiger charge is 2.39. The van der Waals surface area contributed by atoms with Crippen LogP contribution in [-0.4, -0.2) is 103 Å². The first-order valence-corrected chi connectivity index (χ1v) is 13.4. The molecule has 3 fully saturated rings. The summed E-state index contributed by atoms with van der Waals surface area (Å²) in [4.78, 5) is 17.6. The van der Waals surface area contributed by atoms with Gasteiger partial charge in [-0.2, -0.15) is 17.0 Å². The number of ether oxygens (including phenoxy) is 1. The predicted octanol–water partition coefficient (Wildman–Crippen LogP) is 1.77. The van der Waals surface area contributed by atoms with Gasteiger partial charge in [-0.05, 0) is 32.6 Å². The molecule has 0 spiro atoms. The van der Waals surface area contributed by atoms with Crippen molar-refractivity contribution in [3.8, 4) is 0 Å². The monoisotopic (exact) mass is 458 g/mol. The minimum absolute atomic E-state index is 0.106. The summed E-state index contributed by atoms with van der Waals surface area (Å²) >= 11 is 0. The number of piperazine rings is 1. The van der Waals surface area contributed by atoms with Crippen molar-refractivity contribution in [1.82, 2.24) is 18.4 Å². The second-order valence-corrected chi connectivity index (χ2v) is 11.9. The van der Waals surface area contributed by atoms with Gasteiger partial charge in [0.25, 0.3) is 10.2 Å². The summed E-state index contributed by atoms with van der Waals surface area (Å²) < 4.78 is 35.3. The molecular weight excluding hydrogens is 416 g/mol. The number of morpholine rings is 1. The van der Waals surface area contributed by atoms with Gasteiger partial charge in [0.2, 0.25) is 5.91 Å². The Morgan fingerprint density at radius 1 is 0.968 bits per heavy atom. The van der Waals surface area contributed by atoms with E-state index in [0.29, 0.717) is 26.2 Å². The zero-order valence-corrected chi connectivity index (χ0v) is 20.8. The Labute approximate surface area is 189 Å². The van der Waals surface area contributed by atoms with Gasteiger partial charge in [-0.1, -0.05) is 33.1 Å². The standard InChI is InChI=1S/C22H42N4O4S/c1-17(2)21(25-15-18(3)30-19(4)16-25)22(27)24-11-13-26(14-12-24)31(28,29)23(5)20-9-7-6-8-10-20/h17-21H,6-16H2,1-5H3. The molecule has 0 aromatic carbocycles. The zero-order chi connectivity index (χ0) is 22.8. The van der Waals surface area contributed by atoms with Gasteiger partial charge in [-0.15, -0.1) is 0 Å². The third-order valence-electron chi connectivity index (χ3n) is 7.06. The molecule has 0 aromatic rings. The van der Waals surface area contributed by atoms with E-state index in [1.807, 2.05) is 4.90 Å². The van der Waals surface area contributed by atoms with Crippen molar-refractivity contribution in [3.05, 3.63) is 0 Å². The van der Waals surface area contributed by atoms with Crippen molar-refractivity contribution in [2.75, 3.05) is 46.3 Å². The maximum absolute atomic E-state index is 13.5. The van der Waals surface area contributed by atoms with Crippen LogP contribution in [0.15, 0.2) is 0 Å². The van der Waals surface area contributed by atoms with Crippen LogP contribution in [0.4, 0.5) is 0 Å². The second kappa shape index (κ2) is 10.5. The number of hydrogen-bond acceptors (Lipinski definition) is 5. The molecule has 31 heavy (non-hydrogen) atoms. The molecule has 2 aliphatic heterocycles. The fourth-order valence-electron chi connectivity index (χ4n) is 5.45. The molecule has 3 aliphatic rings. The summed E-state index contributed by atoms with van der Waals surface area (Å²) in [5.41, 5.74) is 0. The molecule has 3 atom stereocenters. The van der Waals surface area contributed by atoms with Gasteiger partial charge < -0.3 is 9.64 Å². The van der Waals surface area contributed by atoms with Crippen molar-refractivity contribution in [2.24, 2.45) is 5.92 Å². The lowest BCUT2D eigenvalue weighted by atomic mass is 9.96. The van der Waals surface area contributed by atoms with Crippen LogP contribution in [0.2, 0.25) is 0 Å². The molecular formula is C22H42N4O4S. The Morgan fingerprint density at radius 2 is 1.52 bits per heavy atom. The van der Waals surface area contributed by atoms with E-state index in [2.05, 4.69) is 32.6 Å². The van der Waals surface area contributed by atoms with Crippen LogP contribution in [0, 0.1) is 5.92 Å². The lowest BCUT2D eigenvalue weighted by Crippen LogP contribution is -2.61. The van der Waals surface area contributed by atoms with E-state index in [-0.39, 0.29) is 36.1 Å². The second-order valence-electron chi connectivity index (χ2n) is 9.94. The molecule has 1 aliphatic carbocycles. The first kappa shape index (κ1) is 24.9. The summed E-state index contributed by atoms with van der Waals surface area (Å²) in [6, 6.07) is -0.0871. The summed E-state index contributed by atoms with van der Waals surface area (Å²) in [7, 11) is -1.76. The molecule has 180 valence electrons. The maximum Gasteiger partial charge on any atom is 0.282 e. The van der Waals surface area contributed by atoms with Crippen LogP contribution < -0.4 is 0 Å². The molecule has 0 radical (unpaired) electrons. The smallest absolute Gasteiger partial charge is 0.282 e. The van der Waals surface area contributed by atoms with Crippen LogP contribution in [0.3, 0.4) is 0 Å². The van der Waals surface area contributed by atoms with Gasteiger partial charge in [-0.3, -0.25) is 9.69 Å². The van der Waals surface area contributed by atoms with Gasteiger partial charge in [-0.25, -0.2) is 0 Å². The molecule has 9 heteroatoms.